The molecular weight excluding hydrogens is 270 g/mol. The molecular formula is C20H25NO. The molecule has 2 nitrogen and oxygen atoms in total. The molecule has 0 atom stereocenters. The Labute approximate surface area is 133 Å². The van der Waals surface area contributed by atoms with E-state index in [2.05, 4.69) is 31.0 Å². The summed E-state index contributed by atoms with van der Waals surface area (Å²) in [4.78, 5) is 4.48. The Morgan fingerprint density at radius 2 is 1.64 bits per heavy atom. The van der Waals surface area contributed by atoms with Crippen molar-refractivity contribution in [3.05, 3.63) is 59.7 Å². The first kappa shape index (κ1) is 16.3. The maximum atomic E-state index is 5.74. The first-order chi connectivity index (χ1) is 10.8. The van der Waals surface area contributed by atoms with E-state index in [-0.39, 0.29) is 0 Å². The lowest BCUT2D eigenvalue weighted by Gasteiger charge is -2.05. The van der Waals surface area contributed by atoms with Gasteiger partial charge in [-0.25, -0.2) is 0 Å². The van der Waals surface area contributed by atoms with Crippen LogP contribution in [0.2, 0.25) is 0 Å². The predicted molar refractivity (Wildman–Crippen MR) is 94.5 cm³/mol. The zero-order chi connectivity index (χ0) is 15.6. The third-order valence-electron chi connectivity index (χ3n) is 3.54. The van der Waals surface area contributed by atoms with Crippen LogP contribution in [0, 0.1) is 6.92 Å². The summed E-state index contributed by atoms with van der Waals surface area (Å²) in [5.74, 6) is 0.934. The number of unbranched alkanes of at least 4 members (excludes halogenated alkanes) is 3. The molecule has 0 N–H and O–H groups in total. The van der Waals surface area contributed by atoms with Gasteiger partial charge in [0.2, 0.25) is 0 Å². The van der Waals surface area contributed by atoms with Gasteiger partial charge in [-0.3, -0.25) is 4.99 Å². The Bertz CT molecular complexity index is 570. The van der Waals surface area contributed by atoms with E-state index in [0.717, 1.165) is 30.0 Å². The second-order valence-corrected chi connectivity index (χ2v) is 5.57. The third kappa shape index (κ3) is 5.72. The van der Waals surface area contributed by atoms with E-state index in [0.29, 0.717) is 0 Å². The van der Waals surface area contributed by atoms with Gasteiger partial charge >= 0.3 is 0 Å². The molecule has 0 radical (unpaired) electrons. The fourth-order valence-electron chi connectivity index (χ4n) is 2.15. The zero-order valence-corrected chi connectivity index (χ0v) is 13.6. The van der Waals surface area contributed by atoms with E-state index in [9.17, 15) is 0 Å². The minimum atomic E-state index is 0.802. The Hall–Kier alpha value is -2.09. The quantitative estimate of drug-likeness (QED) is 0.452. The molecule has 0 spiro atoms. The van der Waals surface area contributed by atoms with Crippen molar-refractivity contribution in [1.29, 1.82) is 0 Å². The molecule has 0 aromatic heterocycles. The number of aryl methyl sites for hydroxylation is 1. The summed E-state index contributed by atoms with van der Waals surface area (Å²) in [5.41, 5.74) is 3.31. The number of ether oxygens (including phenoxy) is 1. The van der Waals surface area contributed by atoms with E-state index in [1.54, 1.807) is 0 Å². The minimum absolute atomic E-state index is 0.802. The van der Waals surface area contributed by atoms with Crippen molar-refractivity contribution >= 4 is 11.9 Å². The number of hydrogen-bond acceptors (Lipinski definition) is 2. The monoisotopic (exact) mass is 295 g/mol. The van der Waals surface area contributed by atoms with Crippen LogP contribution in [0.15, 0.2) is 53.5 Å². The third-order valence-corrected chi connectivity index (χ3v) is 3.54. The van der Waals surface area contributed by atoms with Crippen LogP contribution >= 0.6 is 0 Å². The number of aliphatic imine (C=N–C) groups is 1. The topological polar surface area (TPSA) is 21.6 Å². The van der Waals surface area contributed by atoms with Crippen molar-refractivity contribution in [2.45, 2.75) is 39.5 Å². The van der Waals surface area contributed by atoms with Gasteiger partial charge in [0.15, 0.2) is 0 Å². The van der Waals surface area contributed by atoms with Crippen LogP contribution in [-0.2, 0) is 0 Å². The summed E-state index contributed by atoms with van der Waals surface area (Å²) in [5, 5.41) is 0. The molecule has 2 heteroatoms. The van der Waals surface area contributed by atoms with E-state index in [1.807, 2.05) is 42.6 Å². The predicted octanol–water partition coefficient (Wildman–Crippen LogP) is 5.70. The molecule has 0 fully saturated rings. The maximum absolute atomic E-state index is 5.74. The molecule has 22 heavy (non-hydrogen) atoms. The van der Waals surface area contributed by atoms with Crippen LogP contribution in [0.4, 0.5) is 5.69 Å². The van der Waals surface area contributed by atoms with Gasteiger partial charge in [-0.15, -0.1) is 0 Å². The molecule has 2 aromatic carbocycles. The number of nitrogens with zero attached hydrogens (tertiary/aromatic N) is 1. The van der Waals surface area contributed by atoms with Crippen molar-refractivity contribution in [2.75, 3.05) is 6.61 Å². The van der Waals surface area contributed by atoms with Crippen LogP contribution in [-0.4, -0.2) is 12.8 Å². The lowest BCUT2D eigenvalue weighted by molar-refractivity contribution is 0.305. The minimum Gasteiger partial charge on any atom is -0.494 e. The van der Waals surface area contributed by atoms with Crippen LogP contribution < -0.4 is 4.74 Å². The average molecular weight is 295 g/mol. The van der Waals surface area contributed by atoms with Gasteiger partial charge in [-0.1, -0.05) is 43.9 Å². The average Bonchev–Trinajstić information content (AvgIpc) is 2.55. The summed E-state index contributed by atoms with van der Waals surface area (Å²) in [6, 6.07) is 16.3. The van der Waals surface area contributed by atoms with E-state index >= 15 is 0 Å². The number of benzene rings is 2. The van der Waals surface area contributed by atoms with Crippen LogP contribution in [0.5, 0.6) is 5.75 Å². The fourth-order valence-corrected chi connectivity index (χ4v) is 2.15. The lowest BCUT2D eigenvalue weighted by atomic mass is 10.2. The Morgan fingerprint density at radius 3 is 2.32 bits per heavy atom. The number of hydrogen-bond donors (Lipinski definition) is 0. The molecule has 0 aliphatic heterocycles. The van der Waals surface area contributed by atoms with Crippen molar-refractivity contribution < 1.29 is 4.74 Å². The molecule has 0 heterocycles. The van der Waals surface area contributed by atoms with Crippen LogP contribution in [0.1, 0.15) is 43.7 Å². The molecule has 0 unspecified atom stereocenters. The summed E-state index contributed by atoms with van der Waals surface area (Å²) in [7, 11) is 0. The second-order valence-electron chi connectivity index (χ2n) is 5.57. The van der Waals surface area contributed by atoms with E-state index in [1.165, 1.54) is 24.8 Å². The van der Waals surface area contributed by atoms with Crippen LogP contribution in [0.3, 0.4) is 0 Å². The fraction of sp³-hybridized carbons (Fsp3) is 0.350. The van der Waals surface area contributed by atoms with Crippen molar-refractivity contribution in [3.8, 4) is 5.75 Å². The second kappa shape index (κ2) is 9.04. The summed E-state index contributed by atoms with van der Waals surface area (Å²) < 4.78 is 5.74. The summed E-state index contributed by atoms with van der Waals surface area (Å²) >= 11 is 0. The Morgan fingerprint density at radius 1 is 0.909 bits per heavy atom. The summed E-state index contributed by atoms with van der Waals surface area (Å²) in [6.45, 7) is 5.10. The van der Waals surface area contributed by atoms with Crippen molar-refractivity contribution in [3.63, 3.8) is 0 Å². The molecule has 0 aliphatic rings. The molecule has 0 aliphatic carbocycles. The van der Waals surface area contributed by atoms with Crippen LogP contribution in [0.25, 0.3) is 0 Å². The Kier molecular flexibility index (Phi) is 6.69. The molecule has 2 rings (SSSR count). The molecule has 0 saturated carbocycles. The highest BCUT2D eigenvalue weighted by Crippen LogP contribution is 2.15. The highest BCUT2D eigenvalue weighted by molar-refractivity contribution is 5.82. The van der Waals surface area contributed by atoms with E-state index < -0.39 is 0 Å². The van der Waals surface area contributed by atoms with E-state index in [4.69, 9.17) is 4.74 Å². The molecule has 2 aromatic rings. The highest BCUT2D eigenvalue weighted by Gasteiger charge is 1.95. The van der Waals surface area contributed by atoms with Gasteiger partial charge in [0, 0.05) is 6.21 Å². The first-order valence-electron chi connectivity index (χ1n) is 8.11. The van der Waals surface area contributed by atoms with Gasteiger partial charge in [-0.05, 0) is 55.3 Å². The lowest BCUT2D eigenvalue weighted by Crippen LogP contribution is -1.97. The Balaban J connectivity index is 1.82. The number of rotatable bonds is 8. The molecule has 0 amide bonds. The van der Waals surface area contributed by atoms with Crippen molar-refractivity contribution in [2.24, 2.45) is 4.99 Å². The van der Waals surface area contributed by atoms with Gasteiger partial charge in [0.1, 0.15) is 5.75 Å². The summed E-state index contributed by atoms with van der Waals surface area (Å²) in [6.07, 6.45) is 6.81. The molecule has 0 bridgehead atoms. The van der Waals surface area contributed by atoms with Gasteiger partial charge in [0.25, 0.3) is 0 Å². The standard InChI is InChI=1S/C20H25NO/c1-3-4-5-6-15-22-20-13-9-18(10-14-20)16-21-19-11-7-17(2)8-12-19/h7-14,16H,3-6,15H2,1-2H3. The first-order valence-corrected chi connectivity index (χ1v) is 8.11. The normalized spacial score (nSPS) is 11.0. The van der Waals surface area contributed by atoms with Gasteiger partial charge in [0.05, 0.1) is 12.3 Å². The highest BCUT2D eigenvalue weighted by atomic mass is 16.5. The van der Waals surface area contributed by atoms with Gasteiger partial charge < -0.3 is 4.74 Å². The molecule has 116 valence electrons. The van der Waals surface area contributed by atoms with Gasteiger partial charge in [-0.2, -0.15) is 0 Å². The zero-order valence-electron chi connectivity index (χ0n) is 13.6. The van der Waals surface area contributed by atoms with Crippen molar-refractivity contribution in [1.82, 2.24) is 0 Å². The largest absolute Gasteiger partial charge is 0.494 e. The molecule has 0 saturated heterocycles. The SMILES string of the molecule is CCCCCCOc1ccc(C=Nc2ccc(C)cc2)cc1. The maximum Gasteiger partial charge on any atom is 0.119 e. The smallest absolute Gasteiger partial charge is 0.119 e.